The summed E-state index contributed by atoms with van der Waals surface area (Å²) in [6.07, 6.45) is 0. The Hall–Kier alpha value is -3.84. The van der Waals surface area contributed by atoms with Gasteiger partial charge in [-0.25, -0.2) is 0 Å². The summed E-state index contributed by atoms with van der Waals surface area (Å²) in [5.74, 6) is 0. The van der Waals surface area contributed by atoms with Gasteiger partial charge in [0, 0.05) is 27.6 Å². The van der Waals surface area contributed by atoms with E-state index >= 15 is 0 Å². The van der Waals surface area contributed by atoms with E-state index in [1.807, 2.05) is 0 Å². The van der Waals surface area contributed by atoms with E-state index in [2.05, 4.69) is 140 Å². The van der Waals surface area contributed by atoms with E-state index in [0.29, 0.717) is 0 Å². The van der Waals surface area contributed by atoms with E-state index in [0.717, 1.165) is 0 Å². The minimum atomic E-state index is -0.0834. The molecule has 5 aromatic carbocycles. The molecule has 0 spiro atoms. The van der Waals surface area contributed by atoms with E-state index in [9.17, 15) is 0 Å². The zero-order valence-electron chi connectivity index (χ0n) is 25.4. The van der Waals surface area contributed by atoms with Crippen molar-refractivity contribution in [1.29, 1.82) is 0 Å². The van der Waals surface area contributed by atoms with Gasteiger partial charge in [0.2, 0.25) is 0 Å². The molecule has 1 nitrogen and oxygen atoms in total. The zero-order valence-corrected chi connectivity index (χ0v) is 25.4. The molecule has 200 valence electrons. The van der Waals surface area contributed by atoms with Crippen LogP contribution in [0, 0.1) is 34.6 Å². The standard InChI is InChI=1S/C39H39N/c1-22-17-31-36-32(18-22)39(8,9)33-21-34(29-11-10-12-30(38(31,6)7)35(29)37(33)36)40(27-15-13-23(2)25(4)19-27)28-16-14-24(3)26(5)20-28/h10-21H,1-9H3. The van der Waals surface area contributed by atoms with E-state index in [-0.39, 0.29) is 10.8 Å². The lowest BCUT2D eigenvalue weighted by Gasteiger charge is -2.36. The second-order valence-corrected chi connectivity index (χ2v) is 13.4. The van der Waals surface area contributed by atoms with Crippen LogP contribution in [0.15, 0.2) is 72.8 Å². The smallest absolute Gasteiger partial charge is 0.0543 e. The Morgan fingerprint density at radius 2 is 1.02 bits per heavy atom. The van der Waals surface area contributed by atoms with Gasteiger partial charge in [0.05, 0.1) is 5.69 Å². The van der Waals surface area contributed by atoms with Gasteiger partial charge in [0.25, 0.3) is 0 Å². The van der Waals surface area contributed by atoms with Crippen LogP contribution >= 0.6 is 0 Å². The van der Waals surface area contributed by atoms with Crippen molar-refractivity contribution >= 4 is 27.8 Å². The molecule has 5 aromatic rings. The summed E-state index contributed by atoms with van der Waals surface area (Å²) in [6.45, 7) is 20.8. The average Bonchev–Trinajstić information content (AvgIpc) is 3.13. The molecule has 0 unspecified atom stereocenters. The van der Waals surface area contributed by atoms with Crippen molar-refractivity contribution in [2.75, 3.05) is 4.90 Å². The van der Waals surface area contributed by atoms with Crippen molar-refractivity contribution in [2.45, 2.75) is 73.1 Å². The summed E-state index contributed by atoms with van der Waals surface area (Å²) in [5, 5.41) is 2.76. The second kappa shape index (κ2) is 8.10. The van der Waals surface area contributed by atoms with Gasteiger partial charge in [0.15, 0.2) is 0 Å². The van der Waals surface area contributed by atoms with Crippen molar-refractivity contribution in [1.82, 2.24) is 0 Å². The van der Waals surface area contributed by atoms with Crippen LogP contribution in [0.3, 0.4) is 0 Å². The first kappa shape index (κ1) is 25.1. The maximum Gasteiger partial charge on any atom is 0.0543 e. The van der Waals surface area contributed by atoms with Crippen molar-refractivity contribution in [2.24, 2.45) is 0 Å². The third kappa shape index (κ3) is 3.21. The average molecular weight is 522 g/mol. The monoisotopic (exact) mass is 521 g/mol. The zero-order chi connectivity index (χ0) is 28.3. The first-order valence-electron chi connectivity index (χ1n) is 14.6. The molecule has 0 radical (unpaired) electrons. The fourth-order valence-corrected chi connectivity index (χ4v) is 7.40. The molecule has 2 aliphatic carbocycles. The lowest BCUT2D eigenvalue weighted by molar-refractivity contribution is 0.638. The third-order valence-corrected chi connectivity index (χ3v) is 10.1. The molecule has 2 aliphatic rings. The molecule has 0 amide bonds. The number of hydrogen-bond donors (Lipinski definition) is 0. The van der Waals surface area contributed by atoms with Gasteiger partial charge in [-0.2, -0.15) is 0 Å². The summed E-state index contributed by atoms with van der Waals surface area (Å²) in [7, 11) is 0. The van der Waals surface area contributed by atoms with E-state index in [4.69, 9.17) is 0 Å². The Morgan fingerprint density at radius 1 is 0.500 bits per heavy atom. The molecular weight excluding hydrogens is 482 g/mol. The summed E-state index contributed by atoms with van der Waals surface area (Å²) in [4.78, 5) is 2.51. The van der Waals surface area contributed by atoms with Gasteiger partial charge >= 0.3 is 0 Å². The number of benzene rings is 5. The van der Waals surface area contributed by atoms with Crippen LogP contribution in [0.25, 0.3) is 21.9 Å². The predicted molar refractivity (Wildman–Crippen MR) is 172 cm³/mol. The quantitative estimate of drug-likeness (QED) is 0.228. The van der Waals surface area contributed by atoms with Crippen molar-refractivity contribution in [3.8, 4) is 11.1 Å². The van der Waals surface area contributed by atoms with E-state index in [1.54, 1.807) is 0 Å². The topological polar surface area (TPSA) is 3.24 Å². The Balaban J connectivity index is 1.64. The van der Waals surface area contributed by atoms with Gasteiger partial charge in [0.1, 0.15) is 0 Å². The minimum absolute atomic E-state index is 0.0787. The maximum absolute atomic E-state index is 2.52. The molecule has 0 N–H and O–H groups in total. The van der Waals surface area contributed by atoms with Crippen LogP contribution in [0.4, 0.5) is 17.1 Å². The maximum atomic E-state index is 2.52. The van der Waals surface area contributed by atoms with Gasteiger partial charge < -0.3 is 4.90 Å². The molecule has 0 atom stereocenters. The van der Waals surface area contributed by atoms with E-state index in [1.165, 1.54) is 89.0 Å². The molecule has 0 aromatic heterocycles. The predicted octanol–water partition coefficient (Wildman–Crippen LogP) is 10.8. The SMILES string of the molecule is Cc1cc2c3c(c1)C(C)(C)c1cccc4c(N(c5ccc(C)c(C)c5)c5ccc(C)c(C)c5)cc(c-3c14)C2(C)C. The van der Waals surface area contributed by atoms with Gasteiger partial charge in [-0.1, -0.05) is 75.7 Å². The molecular formula is C39H39N. The molecule has 0 saturated carbocycles. The fourth-order valence-electron chi connectivity index (χ4n) is 7.40. The van der Waals surface area contributed by atoms with Crippen LogP contribution in [0.1, 0.15) is 77.8 Å². The van der Waals surface area contributed by atoms with Crippen LogP contribution in [-0.2, 0) is 10.8 Å². The summed E-state index contributed by atoms with van der Waals surface area (Å²) in [6, 6.07) is 28.2. The molecule has 0 saturated heterocycles. The number of rotatable bonds is 3. The number of aryl methyl sites for hydroxylation is 5. The summed E-state index contributed by atoms with van der Waals surface area (Å²) in [5.41, 5.74) is 18.9. The van der Waals surface area contributed by atoms with Crippen molar-refractivity contribution in [3.63, 3.8) is 0 Å². The fraction of sp³-hybridized carbons (Fsp3) is 0.282. The normalized spacial score (nSPS) is 15.5. The molecule has 0 aliphatic heterocycles. The highest BCUT2D eigenvalue weighted by Gasteiger charge is 2.45. The summed E-state index contributed by atoms with van der Waals surface area (Å²) < 4.78 is 0. The van der Waals surface area contributed by atoms with Crippen molar-refractivity contribution in [3.05, 3.63) is 123 Å². The van der Waals surface area contributed by atoms with Crippen molar-refractivity contribution < 1.29 is 0 Å². The molecule has 7 rings (SSSR count). The Morgan fingerprint density at radius 3 is 1.57 bits per heavy atom. The lowest BCUT2D eigenvalue weighted by atomic mass is 9.68. The number of anilines is 3. The minimum Gasteiger partial charge on any atom is -0.310 e. The highest BCUT2D eigenvalue weighted by atomic mass is 15.1. The Bertz CT molecular complexity index is 1850. The first-order valence-corrected chi connectivity index (χ1v) is 14.6. The first-order chi connectivity index (χ1) is 18.9. The number of hydrogen-bond acceptors (Lipinski definition) is 1. The molecule has 1 heteroatoms. The highest BCUT2D eigenvalue weighted by molar-refractivity contribution is 6.14. The second-order valence-electron chi connectivity index (χ2n) is 13.4. The Kier molecular flexibility index (Phi) is 5.09. The van der Waals surface area contributed by atoms with Crippen LogP contribution in [0.5, 0.6) is 0 Å². The molecule has 40 heavy (non-hydrogen) atoms. The summed E-state index contributed by atoms with van der Waals surface area (Å²) >= 11 is 0. The van der Waals surface area contributed by atoms with Gasteiger partial charge in [-0.15, -0.1) is 0 Å². The van der Waals surface area contributed by atoms with Crippen LogP contribution in [0.2, 0.25) is 0 Å². The largest absolute Gasteiger partial charge is 0.310 e. The molecule has 0 heterocycles. The van der Waals surface area contributed by atoms with Crippen LogP contribution in [-0.4, -0.2) is 0 Å². The van der Waals surface area contributed by atoms with Gasteiger partial charge in [-0.05, 0) is 126 Å². The number of nitrogens with zero attached hydrogens (tertiary/aromatic N) is 1. The third-order valence-electron chi connectivity index (χ3n) is 10.1. The Labute approximate surface area is 239 Å². The lowest BCUT2D eigenvalue weighted by Crippen LogP contribution is -2.24. The molecule has 0 fully saturated rings. The van der Waals surface area contributed by atoms with Crippen LogP contribution < -0.4 is 4.90 Å². The highest BCUT2D eigenvalue weighted by Crippen LogP contribution is 2.61. The molecule has 0 bridgehead atoms. The van der Waals surface area contributed by atoms with Gasteiger partial charge in [-0.3, -0.25) is 0 Å². The van der Waals surface area contributed by atoms with E-state index < -0.39 is 0 Å².